The van der Waals surface area contributed by atoms with Gasteiger partial charge in [-0.2, -0.15) is 0 Å². The zero-order valence-electron chi connectivity index (χ0n) is 6.62. The largest absolute Gasteiger partial charge is 0.371 e. The summed E-state index contributed by atoms with van der Waals surface area (Å²) in [6.07, 6.45) is 3.87. The van der Waals surface area contributed by atoms with Gasteiger partial charge in [-0.3, -0.25) is 0 Å². The third-order valence-corrected chi connectivity index (χ3v) is 2.01. The van der Waals surface area contributed by atoms with Crippen LogP contribution in [0.3, 0.4) is 0 Å². The highest BCUT2D eigenvalue weighted by molar-refractivity contribution is 4.68. The summed E-state index contributed by atoms with van der Waals surface area (Å²) in [5.74, 6) is 0. The fourth-order valence-corrected chi connectivity index (χ4v) is 1.22. The number of epoxide rings is 1. The third kappa shape index (κ3) is 2.43. The van der Waals surface area contributed by atoms with Gasteiger partial charge in [-0.15, -0.1) is 0 Å². The lowest BCUT2D eigenvalue weighted by atomic mass is 10.2. The molecule has 11 heavy (non-hydrogen) atoms. The highest BCUT2D eigenvalue weighted by Gasteiger charge is 2.25. The third-order valence-electron chi connectivity index (χ3n) is 2.01. The summed E-state index contributed by atoms with van der Waals surface area (Å²) >= 11 is 0. The first-order chi connectivity index (χ1) is 5.45. The van der Waals surface area contributed by atoms with E-state index in [-0.39, 0.29) is 6.29 Å². The molecule has 2 fully saturated rings. The molecule has 2 aliphatic rings. The molecule has 0 aromatic carbocycles. The minimum atomic E-state index is 0.0490. The number of hydrogen-bond acceptors (Lipinski definition) is 3. The van der Waals surface area contributed by atoms with Gasteiger partial charge in [-0.25, -0.2) is 0 Å². The van der Waals surface area contributed by atoms with Crippen molar-refractivity contribution >= 4 is 0 Å². The van der Waals surface area contributed by atoms with Gasteiger partial charge in [0.15, 0.2) is 6.29 Å². The van der Waals surface area contributed by atoms with Gasteiger partial charge in [0.25, 0.3) is 0 Å². The van der Waals surface area contributed by atoms with E-state index < -0.39 is 0 Å². The standard InChI is InChI=1S/C8H14O3/c1-2-4-9-8(3-1)11-6-7-5-10-7/h7-8H,1-6H2/t7-,8+/m0/s1. The molecule has 0 spiro atoms. The van der Waals surface area contributed by atoms with Crippen LogP contribution >= 0.6 is 0 Å². The number of rotatable bonds is 3. The van der Waals surface area contributed by atoms with Crippen molar-refractivity contribution in [3.63, 3.8) is 0 Å². The van der Waals surface area contributed by atoms with Crippen molar-refractivity contribution in [1.82, 2.24) is 0 Å². The predicted molar refractivity (Wildman–Crippen MR) is 39.3 cm³/mol. The lowest BCUT2D eigenvalue weighted by molar-refractivity contribution is -0.164. The van der Waals surface area contributed by atoms with Gasteiger partial charge >= 0.3 is 0 Å². The van der Waals surface area contributed by atoms with E-state index in [9.17, 15) is 0 Å². The zero-order valence-corrected chi connectivity index (χ0v) is 6.62. The van der Waals surface area contributed by atoms with Crippen LogP contribution in [0.15, 0.2) is 0 Å². The normalized spacial score (nSPS) is 37.1. The average molecular weight is 158 g/mol. The molecule has 0 N–H and O–H groups in total. The molecule has 2 aliphatic heterocycles. The quantitative estimate of drug-likeness (QED) is 0.572. The molecule has 0 bridgehead atoms. The van der Waals surface area contributed by atoms with Crippen LogP contribution in [0.5, 0.6) is 0 Å². The Morgan fingerprint density at radius 3 is 2.82 bits per heavy atom. The number of hydrogen-bond donors (Lipinski definition) is 0. The molecule has 0 saturated carbocycles. The van der Waals surface area contributed by atoms with E-state index >= 15 is 0 Å². The lowest BCUT2D eigenvalue weighted by Gasteiger charge is -2.22. The highest BCUT2D eigenvalue weighted by Crippen LogP contribution is 2.16. The van der Waals surface area contributed by atoms with Gasteiger partial charge in [0.1, 0.15) is 6.10 Å². The average Bonchev–Trinajstić information content (AvgIpc) is 2.86. The second-order valence-electron chi connectivity index (χ2n) is 3.08. The Morgan fingerprint density at radius 1 is 1.27 bits per heavy atom. The molecule has 0 unspecified atom stereocenters. The van der Waals surface area contributed by atoms with Crippen molar-refractivity contribution in [3.05, 3.63) is 0 Å². The van der Waals surface area contributed by atoms with Gasteiger partial charge < -0.3 is 14.2 Å². The van der Waals surface area contributed by atoms with E-state index in [1.54, 1.807) is 0 Å². The van der Waals surface area contributed by atoms with E-state index in [1.807, 2.05) is 0 Å². The lowest BCUT2D eigenvalue weighted by Crippen LogP contribution is -2.23. The van der Waals surface area contributed by atoms with E-state index in [0.717, 1.165) is 19.6 Å². The number of ether oxygens (including phenoxy) is 3. The van der Waals surface area contributed by atoms with E-state index in [4.69, 9.17) is 14.2 Å². The van der Waals surface area contributed by atoms with Crippen LogP contribution < -0.4 is 0 Å². The van der Waals surface area contributed by atoms with Crippen LogP contribution in [0.1, 0.15) is 19.3 Å². The molecule has 2 heterocycles. The van der Waals surface area contributed by atoms with Crippen LogP contribution in [0.25, 0.3) is 0 Å². The molecule has 0 aromatic rings. The van der Waals surface area contributed by atoms with Crippen LogP contribution in [0, 0.1) is 0 Å². The van der Waals surface area contributed by atoms with Crippen molar-refractivity contribution in [3.8, 4) is 0 Å². The van der Waals surface area contributed by atoms with Crippen LogP contribution in [-0.2, 0) is 14.2 Å². The fraction of sp³-hybridized carbons (Fsp3) is 1.00. The Bertz CT molecular complexity index is 117. The van der Waals surface area contributed by atoms with Crippen LogP contribution in [-0.4, -0.2) is 32.2 Å². The molecular formula is C8H14O3. The maximum Gasteiger partial charge on any atom is 0.157 e. The Morgan fingerprint density at radius 2 is 2.18 bits per heavy atom. The fourth-order valence-electron chi connectivity index (χ4n) is 1.22. The SMILES string of the molecule is C1CC[C@@H](OC[C@@H]2CO2)OC1. The Balaban J connectivity index is 1.59. The van der Waals surface area contributed by atoms with Gasteiger partial charge in [-0.05, 0) is 19.3 Å². The summed E-state index contributed by atoms with van der Waals surface area (Å²) in [6.45, 7) is 2.44. The van der Waals surface area contributed by atoms with E-state index in [2.05, 4.69) is 0 Å². The molecule has 2 rings (SSSR count). The summed E-state index contributed by atoms with van der Waals surface area (Å²) in [7, 11) is 0. The van der Waals surface area contributed by atoms with Gasteiger partial charge in [0.05, 0.1) is 13.2 Å². The van der Waals surface area contributed by atoms with Crippen molar-refractivity contribution in [2.45, 2.75) is 31.7 Å². The first-order valence-electron chi connectivity index (χ1n) is 4.30. The van der Waals surface area contributed by atoms with Crippen molar-refractivity contribution < 1.29 is 14.2 Å². The molecular weight excluding hydrogens is 144 g/mol. The smallest absolute Gasteiger partial charge is 0.157 e. The van der Waals surface area contributed by atoms with Crippen molar-refractivity contribution in [2.24, 2.45) is 0 Å². The molecule has 0 radical (unpaired) electrons. The summed E-state index contributed by atoms with van der Waals surface area (Å²) in [5.41, 5.74) is 0. The van der Waals surface area contributed by atoms with E-state index in [1.165, 1.54) is 12.8 Å². The summed E-state index contributed by atoms with van der Waals surface area (Å²) in [5, 5.41) is 0. The molecule has 2 saturated heterocycles. The Labute approximate surface area is 66.6 Å². The summed E-state index contributed by atoms with van der Waals surface area (Å²) in [4.78, 5) is 0. The molecule has 0 amide bonds. The maximum absolute atomic E-state index is 5.46. The molecule has 3 heteroatoms. The summed E-state index contributed by atoms with van der Waals surface area (Å²) < 4.78 is 15.9. The molecule has 0 aliphatic carbocycles. The summed E-state index contributed by atoms with van der Waals surface area (Å²) in [6, 6.07) is 0. The Hall–Kier alpha value is -0.120. The molecule has 0 aromatic heterocycles. The molecule has 2 atom stereocenters. The van der Waals surface area contributed by atoms with Crippen LogP contribution in [0.2, 0.25) is 0 Å². The van der Waals surface area contributed by atoms with E-state index in [0.29, 0.717) is 12.7 Å². The highest BCUT2D eigenvalue weighted by atomic mass is 16.7. The van der Waals surface area contributed by atoms with Gasteiger partial charge in [0, 0.05) is 6.61 Å². The topological polar surface area (TPSA) is 31.0 Å². The Kier molecular flexibility index (Phi) is 2.41. The predicted octanol–water partition coefficient (Wildman–Crippen LogP) is 0.928. The molecule has 3 nitrogen and oxygen atoms in total. The molecule has 64 valence electrons. The van der Waals surface area contributed by atoms with Crippen molar-refractivity contribution in [2.75, 3.05) is 19.8 Å². The second-order valence-corrected chi connectivity index (χ2v) is 3.08. The first kappa shape index (κ1) is 7.53. The van der Waals surface area contributed by atoms with Crippen molar-refractivity contribution in [1.29, 1.82) is 0 Å². The van der Waals surface area contributed by atoms with Gasteiger partial charge in [-0.1, -0.05) is 0 Å². The van der Waals surface area contributed by atoms with Gasteiger partial charge in [0.2, 0.25) is 0 Å². The minimum absolute atomic E-state index is 0.0490. The zero-order chi connectivity index (χ0) is 7.52. The van der Waals surface area contributed by atoms with Crippen LogP contribution in [0.4, 0.5) is 0 Å². The monoisotopic (exact) mass is 158 g/mol. The second kappa shape index (κ2) is 3.52. The first-order valence-corrected chi connectivity index (χ1v) is 4.30. The minimum Gasteiger partial charge on any atom is -0.371 e. The maximum atomic E-state index is 5.46.